The Morgan fingerprint density at radius 2 is 1.96 bits per heavy atom. The predicted octanol–water partition coefficient (Wildman–Crippen LogP) is 2.17. The van der Waals surface area contributed by atoms with Gasteiger partial charge >= 0.3 is 0 Å². The van der Waals surface area contributed by atoms with Crippen LogP contribution in [-0.4, -0.2) is 40.8 Å². The molecule has 0 bridgehead atoms. The molecule has 0 unspecified atom stereocenters. The summed E-state index contributed by atoms with van der Waals surface area (Å²) in [6.07, 6.45) is 1.56. The van der Waals surface area contributed by atoms with Crippen LogP contribution in [0.5, 0.6) is 0 Å². The minimum absolute atomic E-state index is 0.202. The summed E-state index contributed by atoms with van der Waals surface area (Å²) in [5.74, 6) is 0.377. The van der Waals surface area contributed by atoms with E-state index < -0.39 is 0 Å². The highest BCUT2D eigenvalue weighted by Gasteiger charge is 2.19. The number of methoxy groups -OCH3 is 1. The lowest BCUT2D eigenvalue weighted by Gasteiger charge is -2.21. The molecule has 1 aromatic carbocycles. The van der Waals surface area contributed by atoms with E-state index in [-0.39, 0.29) is 17.2 Å². The van der Waals surface area contributed by atoms with E-state index in [4.69, 9.17) is 9.15 Å². The van der Waals surface area contributed by atoms with E-state index in [1.54, 1.807) is 30.4 Å². The quantitative estimate of drug-likeness (QED) is 0.610. The van der Waals surface area contributed by atoms with Gasteiger partial charge in [0.25, 0.3) is 11.5 Å². The Bertz CT molecular complexity index is 920. The molecule has 3 rings (SSSR count). The monoisotopic (exact) mass is 367 g/mol. The fraction of sp³-hybridized carbons (Fsp3) is 0.250. The van der Waals surface area contributed by atoms with Crippen molar-refractivity contribution in [2.45, 2.75) is 13.1 Å². The fourth-order valence-electron chi connectivity index (χ4n) is 2.64. The van der Waals surface area contributed by atoms with Crippen LogP contribution in [0.3, 0.4) is 0 Å². The van der Waals surface area contributed by atoms with Gasteiger partial charge in [-0.3, -0.25) is 9.59 Å². The smallest absolute Gasteiger partial charge is 0.274 e. The summed E-state index contributed by atoms with van der Waals surface area (Å²) in [7, 11) is 1.58. The van der Waals surface area contributed by atoms with Crippen LogP contribution < -0.4 is 5.56 Å². The first-order valence-electron chi connectivity index (χ1n) is 8.60. The first-order chi connectivity index (χ1) is 13.2. The van der Waals surface area contributed by atoms with E-state index in [0.29, 0.717) is 32.0 Å². The number of nitrogens with zero attached hydrogens (tertiary/aromatic N) is 3. The molecule has 0 saturated heterocycles. The average molecular weight is 367 g/mol. The number of benzene rings is 1. The Morgan fingerprint density at radius 3 is 2.67 bits per heavy atom. The third kappa shape index (κ3) is 4.92. The number of ether oxygens (including phenoxy) is 1. The second-order valence-electron chi connectivity index (χ2n) is 6.00. The summed E-state index contributed by atoms with van der Waals surface area (Å²) in [5, 5.41) is 4.27. The normalized spacial score (nSPS) is 10.7. The second kappa shape index (κ2) is 8.95. The molecule has 0 spiro atoms. The summed E-state index contributed by atoms with van der Waals surface area (Å²) in [4.78, 5) is 26.7. The maximum Gasteiger partial charge on any atom is 0.274 e. The Balaban J connectivity index is 1.83. The van der Waals surface area contributed by atoms with E-state index in [0.717, 1.165) is 5.56 Å². The Kier molecular flexibility index (Phi) is 6.17. The van der Waals surface area contributed by atoms with Crippen molar-refractivity contribution in [2.75, 3.05) is 20.3 Å². The fourth-order valence-corrected chi connectivity index (χ4v) is 2.64. The van der Waals surface area contributed by atoms with Crippen molar-refractivity contribution in [1.82, 2.24) is 14.7 Å². The van der Waals surface area contributed by atoms with E-state index in [1.807, 2.05) is 30.3 Å². The van der Waals surface area contributed by atoms with Crippen LogP contribution in [0.2, 0.25) is 0 Å². The van der Waals surface area contributed by atoms with Crippen molar-refractivity contribution in [3.05, 3.63) is 88.2 Å². The van der Waals surface area contributed by atoms with Gasteiger partial charge in [0, 0.05) is 19.7 Å². The zero-order valence-corrected chi connectivity index (χ0v) is 15.1. The van der Waals surface area contributed by atoms with Gasteiger partial charge in [-0.15, -0.1) is 0 Å². The molecular formula is C20H21N3O4. The van der Waals surface area contributed by atoms with Crippen LogP contribution in [0.15, 0.2) is 70.1 Å². The van der Waals surface area contributed by atoms with Crippen molar-refractivity contribution >= 4 is 5.91 Å². The van der Waals surface area contributed by atoms with Gasteiger partial charge in [0.2, 0.25) is 0 Å². The number of carbonyl (C=O) groups excluding carboxylic acids is 1. The highest BCUT2D eigenvalue weighted by molar-refractivity contribution is 5.92. The number of rotatable bonds is 8. The van der Waals surface area contributed by atoms with Gasteiger partial charge in [0.05, 0.1) is 26.0 Å². The SMILES string of the molecule is COCCN(Cc1ccco1)C(=O)c1ccc(=O)n(Cc2ccccc2)n1. The zero-order valence-electron chi connectivity index (χ0n) is 15.1. The number of carbonyl (C=O) groups is 1. The van der Waals surface area contributed by atoms with Gasteiger partial charge in [-0.2, -0.15) is 5.10 Å². The largest absolute Gasteiger partial charge is 0.467 e. The molecule has 0 saturated carbocycles. The molecule has 0 atom stereocenters. The lowest BCUT2D eigenvalue weighted by atomic mass is 10.2. The highest BCUT2D eigenvalue weighted by Crippen LogP contribution is 2.09. The van der Waals surface area contributed by atoms with Crippen molar-refractivity contribution < 1.29 is 13.9 Å². The molecule has 2 aromatic heterocycles. The number of amides is 1. The van der Waals surface area contributed by atoms with Crippen molar-refractivity contribution in [3.8, 4) is 0 Å². The minimum atomic E-state index is -0.287. The third-order valence-electron chi connectivity index (χ3n) is 4.04. The lowest BCUT2D eigenvalue weighted by Crippen LogP contribution is -2.35. The summed E-state index contributed by atoms with van der Waals surface area (Å²) >= 11 is 0. The minimum Gasteiger partial charge on any atom is -0.467 e. The van der Waals surface area contributed by atoms with Gasteiger partial charge in [0.1, 0.15) is 11.5 Å². The lowest BCUT2D eigenvalue weighted by molar-refractivity contribution is 0.0658. The van der Waals surface area contributed by atoms with Crippen LogP contribution in [0.25, 0.3) is 0 Å². The van der Waals surface area contributed by atoms with Crippen LogP contribution in [0.4, 0.5) is 0 Å². The molecule has 0 N–H and O–H groups in total. The number of hydrogen-bond acceptors (Lipinski definition) is 5. The predicted molar refractivity (Wildman–Crippen MR) is 99.4 cm³/mol. The third-order valence-corrected chi connectivity index (χ3v) is 4.04. The van der Waals surface area contributed by atoms with Crippen molar-refractivity contribution in [3.63, 3.8) is 0 Å². The van der Waals surface area contributed by atoms with Crippen LogP contribution in [0.1, 0.15) is 21.8 Å². The molecule has 27 heavy (non-hydrogen) atoms. The van der Waals surface area contributed by atoms with Gasteiger partial charge in [-0.1, -0.05) is 30.3 Å². The topological polar surface area (TPSA) is 77.6 Å². The molecule has 0 aliphatic heterocycles. The van der Waals surface area contributed by atoms with E-state index in [2.05, 4.69) is 5.10 Å². The van der Waals surface area contributed by atoms with E-state index >= 15 is 0 Å². The molecule has 7 heteroatoms. The van der Waals surface area contributed by atoms with Gasteiger partial charge in [-0.05, 0) is 23.8 Å². The Labute approximate surface area is 156 Å². The van der Waals surface area contributed by atoms with Gasteiger partial charge in [-0.25, -0.2) is 4.68 Å². The zero-order chi connectivity index (χ0) is 19.1. The molecule has 0 radical (unpaired) electrons. The molecule has 140 valence electrons. The molecule has 0 aliphatic carbocycles. The van der Waals surface area contributed by atoms with Crippen LogP contribution in [0, 0.1) is 0 Å². The maximum absolute atomic E-state index is 12.9. The molecule has 0 aliphatic rings. The van der Waals surface area contributed by atoms with Crippen LogP contribution >= 0.6 is 0 Å². The highest BCUT2D eigenvalue weighted by atomic mass is 16.5. The second-order valence-corrected chi connectivity index (χ2v) is 6.00. The summed E-state index contributed by atoms with van der Waals surface area (Å²) in [5.41, 5.74) is 0.876. The molecule has 3 aromatic rings. The molecule has 2 heterocycles. The van der Waals surface area contributed by atoms with Crippen molar-refractivity contribution in [2.24, 2.45) is 0 Å². The molecule has 0 fully saturated rings. The first-order valence-corrected chi connectivity index (χ1v) is 8.60. The van der Waals surface area contributed by atoms with Crippen LogP contribution in [-0.2, 0) is 17.8 Å². The number of hydrogen-bond donors (Lipinski definition) is 0. The Morgan fingerprint density at radius 1 is 1.15 bits per heavy atom. The first kappa shape index (κ1) is 18.6. The number of furan rings is 1. The maximum atomic E-state index is 12.9. The standard InChI is InChI=1S/C20H21N3O4/c1-26-13-11-22(15-17-8-5-12-27-17)20(25)18-9-10-19(24)23(21-18)14-16-6-3-2-4-7-16/h2-10,12H,11,13-15H2,1H3. The van der Waals surface area contributed by atoms with E-state index in [9.17, 15) is 9.59 Å². The van der Waals surface area contributed by atoms with Crippen molar-refractivity contribution in [1.29, 1.82) is 0 Å². The number of aromatic nitrogens is 2. The molecule has 1 amide bonds. The summed E-state index contributed by atoms with van der Waals surface area (Å²) < 4.78 is 11.7. The van der Waals surface area contributed by atoms with Gasteiger partial charge in [0.15, 0.2) is 0 Å². The summed E-state index contributed by atoms with van der Waals surface area (Å²) in [6.45, 7) is 1.37. The van der Waals surface area contributed by atoms with E-state index in [1.165, 1.54) is 16.8 Å². The van der Waals surface area contributed by atoms with Gasteiger partial charge < -0.3 is 14.1 Å². The average Bonchev–Trinajstić information content (AvgIpc) is 3.20. The molecule has 7 nitrogen and oxygen atoms in total. The summed E-state index contributed by atoms with van der Waals surface area (Å²) in [6, 6.07) is 15.9. The Hall–Kier alpha value is -3.19. The molecular weight excluding hydrogens is 346 g/mol.